The van der Waals surface area contributed by atoms with Crippen molar-refractivity contribution in [2.75, 3.05) is 5.32 Å². The Morgan fingerprint density at radius 2 is 1.90 bits per heavy atom. The fourth-order valence-electron chi connectivity index (χ4n) is 2.66. The quantitative estimate of drug-likeness (QED) is 0.902. The zero-order valence-electron chi connectivity index (χ0n) is 11.4. The van der Waals surface area contributed by atoms with E-state index in [4.69, 9.17) is 0 Å². The predicted octanol–water partition coefficient (Wildman–Crippen LogP) is 3.67. The van der Waals surface area contributed by atoms with E-state index in [1.165, 1.54) is 25.0 Å². The van der Waals surface area contributed by atoms with E-state index in [-0.39, 0.29) is 4.90 Å². The number of hydrogen-bond acceptors (Lipinski definition) is 3. The third-order valence-corrected chi connectivity index (χ3v) is 5.31. The standard InChI is InChI=1S/C14H19F2NO2S/c1-2-10-3-4-12(9-10)17-11-5-7-13(8-6-11)20(18,19)14(15)16/h5-8,10,12,14,17H,2-4,9H2,1H3. The first-order chi connectivity index (χ1) is 9.43. The Labute approximate surface area is 118 Å². The molecular weight excluding hydrogens is 284 g/mol. The highest BCUT2D eigenvalue weighted by atomic mass is 32.2. The van der Waals surface area contributed by atoms with E-state index in [0.717, 1.165) is 24.4 Å². The summed E-state index contributed by atoms with van der Waals surface area (Å²) >= 11 is 0. The van der Waals surface area contributed by atoms with E-state index >= 15 is 0 Å². The van der Waals surface area contributed by atoms with Crippen molar-refractivity contribution in [2.24, 2.45) is 5.92 Å². The molecule has 1 aliphatic rings. The second-order valence-corrected chi connectivity index (χ2v) is 7.18. The first-order valence-electron chi connectivity index (χ1n) is 6.82. The average molecular weight is 303 g/mol. The summed E-state index contributed by atoms with van der Waals surface area (Å²) in [4.78, 5) is -0.337. The van der Waals surface area contributed by atoms with Crippen molar-refractivity contribution < 1.29 is 17.2 Å². The van der Waals surface area contributed by atoms with Crippen molar-refractivity contribution >= 4 is 15.5 Å². The van der Waals surface area contributed by atoms with Crippen LogP contribution in [0.5, 0.6) is 0 Å². The van der Waals surface area contributed by atoms with Gasteiger partial charge in [-0.3, -0.25) is 0 Å². The summed E-state index contributed by atoms with van der Waals surface area (Å²) in [5.41, 5.74) is 0.778. The second-order valence-electron chi connectivity index (χ2n) is 5.26. The molecule has 20 heavy (non-hydrogen) atoms. The first-order valence-corrected chi connectivity index (χ1v) is 8.36. The van der Waals surface area contributed by atoms with Crippen LogP contribution in [0.3, 0.4) is 0 Å². The zero-order chi connectivity index (χ0) is 14.8. The van der Waals surface area contributed by atoms with Gasteiger partial charge in [0.2, 0.25) is 9.84 Å². The van der Waals surface area contributed by atoms with Gasteiger partial charge in [0.1, 0.15) is 0 Å². The highest BCUT2D eigenvalue weighted by Crippen LogP contribution is 2.30. The van der Waals surface area contributed by atoms with Crippen LogP contribution < -0.4 is 5.32 Å². The summed E-state index contributed by atoms with van der Waals surface area (Å²) in [6.45, 7) is 2.18. The summed E-state index contributed by atoms with van der Waals surface area (Å²) in [5, 5.41) is 3.33. The molecule has 2 rings (SSSR count). The van der Waals surface area contributed by atoms with Crippen LogP contribution in [0.15, 0.2) is 29.2 Å². The van der Waals surface area contributed by atoms with E-state index < -0.39 is 15.6 Å². The predicted molar refractivity (Wildman–Crippen MR) is 74.7 cm³/mol. The van der Waals surface area contributed by atoms with Crippen LogP contribution in [0.25, 0.3) is 0 Å². The van der Waals surface area contributed by atoms with Crippen LogP contribution in [0, 0.1) is 5.92 Å². The number of sulfone groups is 1. The molecule has 0 saturated heterocycles. The minimum Gasteiger partial charge on any atom is -0.382 e. The molecule has 0 heterocycles. The highest BCUT2D eigenvalue weighted by molar-refractivity contribution is 7.91. The molecule has 0 bridgehead atoms. The highest BCUT2D eigenvalue weighted by Gasteiger charge is 2.27. The molecule has 112 valence electrons. The number of halogens is 2. The molecule has 1 N–H and O–H groups in total. The van der Waals surface area contributed by atoms with Gasteiger partial charge in [-0.15, -0.1) is 0 Å². The maximum Gasteiger partial charge on any atom is 0.341 e. The van der Waals surface area contributed by atoms with Gasteiger partial charge in [0.15, 0.2) is 0 Å². The van der Waals surface area contributed by atoms with Crippen molar-refractivity contribution in [1.29, 1.82) is 0 Å². The lowest BCUT2D eigenvalue weighted by Gasteiger charge is -2.14. The number of hydrogen-bond donors (Lipinski definition) is 1. The molecule has 0 aliphatic heterocycles. The molecule has 0 amide bonds. The third kappa shape index (κ3) is 3.29. The SMILES string of the molecule is CCC1CCC(Nc2ccc(S(=O)(=O)C(F)F)cc2)C1. The second kappa shape index (κ2) is 6.08. The molecule has 0 aromatic heterocycles. The summed E-state index contributed by atoms with van der Waals surface area (Å²) in [6.07, 6.45) is 4.57. The summed E-state index contributed by atoms with van der Waals surface area (Å²) < 4.78 is 47.4. The lowest BCUT2D eigenvalue weighted by Crippen LogP contribution is -2.16. The largest absolute Gasteiger partial charge is 0.382 e. The zero-order valence-corrected chi connectivity index (χ0v) is 12.2. The molecule has 1 saturated carbocycles. The molecule has 6 heteroatoms. The summed E-state index contributed by atoms with van der Waals surface area (Å²) in [6, 6.07) is 5.95. The molecule has 0 radical (unpaired) electrons. The van der Waals surface area contributed by atoms with Gasteiger partial charge < -0.3 is 5.32 Å². The van der Waals surface area contributed by atoms with Gasteiger partial charge >= 0.3 is 5.76 Å². The maximum atomic E-state index is 12.4. The van der Waals surface area contributed by atoms with Gasteiger partial charge in [0, 0.05) is 11.7 Å². The molecule has 0 spiro atoms. The monoisotopic (exact) mass is 303 g/mol. The van der Waals surface area contributed by atoms with Crippen LogP contribution in [-0.2, 0) is 9.84 Å². The molecular formula is C14H19F2NO2S. The van der Waals surface area contributed by atoms with Crippen molar-refractivity contribution in [3.05, 3.63) is 24.3 Å². The van der Waals surface area contributed by atoms with Crippen molar-refractivity contribution in [3.8, 4) is 0 Å². The number of rotatable bonds is 5. The molecule has 2 unspecified atom stereocenters. The van der Waals surface area contributed by atoms with Crippen LogP contribution in [0.4, 0.5) is 14.5 Å². The van der Waals surface area contributed by atoms with E-state index in [2.05, 4.69) is 12.2 Å². The molecule has 1 aromatic rings. The van der Waals surface area contributed by atoms with Gasteiger partial charge in [0.05, 0.1) is 4.90 Å². The minimum absolute atomic E-state index is 0.337. The smallest absolute Gasteiger partial charge is 0.341 e. The van der Waals surface area contributed by atoms with Gasteiger partial charge in [0.25, 0.3) is 0 Å². The molecule has 3 nitrogen and oxygen atoms in total. The van der Waals surface area contributed by atoms with Gasteiger partial charge in [-0.25, -0.2) is 8.42 Å². The van der Waals surface area contributed by atoms with Crippen molar-refractivity contribution in [3.63, 3.8) is 0 Å². The van der Waals surface area contributed by atoms with E-state index in [0.29, 0.717) is 6.04 Å². The minimum atomic E-state index is -4.49. The van der Waals surface area contributed by atoms with Gasteiger partial charge in [-0.1, -0.05) is 13.3 Å². The molecule has 1 fully saturated rings. The Morgan fingerprint density at radius 3 is 2.40 bits per heavy atom. The number of alkyl halides is 2. The fourth-order valence-corrected chi connectivity index (χ4v) is 3.38. The van der Waals surface area contributed by atoms with Crippen LogP contribution >= 0.6 is 0 Å². The maximum absolute atomic E-state index is 12.4. The van der Waals surface area contributed by atoms with E-state index in [9.17, 15) is 17.2 Å². The Balaban J connectivity index is 2.03. The lowest BCUT2D eigenvalue weighted by molar-refractivity contribution is 0.234. The van der Waals surface area contributed by atoms with E-state index in [1.54, 1.807) is 12.1 Å². The average Bonchev–Trinajstić information content (AvgIpc) is 2.87. The number of anilines is 1. The summed E-state index contributed by atoms with van der Waals surface area (Å²) in [7, 11) is -4.49. The number of benzene rings is 1. The van der Waals surface area contributed by atoms with Gasteiger partial charge in [-0.2, -0.15) is 8.78 Å². The van der Waals surface area contributed by atoms with Crippen molar-refractivity contribution in [2.45, 2.75) is 49.3 Å². The summed E-state index contributed by atoms with van der Waals surface area (Å²) in [5.74, 6) is -2.63. The molecule has 1 aliphatic carbocycles. The Morgan fingerprint density at radius 1 is 1.25 bits per heavy atom. The van der Waals surface area contributed by atoms with Crippen LogP contribution in [0.2, 0.25) is 0 Å². The topological polar surface area (TPSA) is 46.2 Å². The van der Waals surface area contributed by atoms with Crippen molar-refractivity contribution in [1.82, 2.24) is 0 Å². The van der Waals surface area contributed by atoms with E-state index in [1.807, 2.05) is 0 Å². The normalized spacial score (nSPS) is 23.2. The Bertz CT molecular complexity index is 543. The Hall–Kier alpha value is -1.17. The van der Waals surface area contributed by atoms with Crippen LogP contribution in [0.1, 0.15) is 32.6 Å². The fraction of sp³-hybridized carbons (Fsp3) is 0.571. The third-order valence-electron chi connectivity index (χ3n) is 3.91. The molecule has 2 atom stereocenters. The first kappa shape index (κ1) is 15.2. The lowest BCUT2D eigenvalue weighted by atomic mass is 10.1. The molecule has 1 aromatic carbocycles. The van der Waals surface area contributed by atoms with Crippen LogP contribution in [-0.4, -0.2) is 20.2 Å². The number of nitrogens with one attached hydrogen (secondary N) is 1. The van der Waals surface area contributed by atoms with Gasteiger partial charge in [-0.05, 0) is 49.4 Å². The Kier molecular flexibility index (Phi) is 4.62.